The zero-order chi connectivity index (χ0) is 13.0. The molecule has 0 aliphatic heterocycles. The Balaban J connectivity index is 2.50. The van der Waals surface area contributed by atoms with Gasteiger partial charge >= 0.3 is 0 Å². The van der Waals surface area contributed by atoms with Crippen molar-refractivity contribution in [3.05, 3.63) is 48.0 Å². The third-order valence-electron chi connectivity index (χ3n) is 3.13. The fourth-order valence-corrected chi connectivity index (χ4v) is 2.12. The van der Waals surface area contributed by atoms with Gasteiger partial charge in [-0.3, -0.25) is 0 Å². The van der Waals surface area contributed by atoms with Crippen molar-refractivity contribution in [2.24, 2.45) is 0 Å². The Bertz CT molecular complexity index is 518. The Labute approximate surface area is 108 Å². The van der Waals surface area contributed by atoms with Gasteiger partial charge in [-0.1, -0.05) is 49.7 Å². The van der Waals surface area contributed by atoms with Gasteiger partial charge in [0.2, 0.25) is 0 Å². The average molecular weight is 242 g/mol. The van der Waals surface area contributed by atoms with Crippen LogP contribution in [0.1, 0.15) is 25.3 Å². The molecule has 0 aliphatic rings. The highest BCUT2D eigenvalue weighted by Gasteiger charge is 2.12. The largest absolute Gasteiger partial charge is 0.504 e. The standard InChI is InChI=1S/C16H18O2/c1-2-3-9-14-13(10-11-15(17)16(14)18)12-7-5-4-6-8-12/h4-8,10-11,17-18H,2-3,9H2,1H3. The fraction of sp³-hybridized carbons (Fsp3) is 0.250. The highest BCUT2D eigenvalue weighted by Crippen LogP contribution is 2.37. The Morgan fingerprint density at radius 1 is 0.944 bits per heavy atom. The van der Waals surface area contributed by atoms with Crippen molar-refractivity contribution in [3.8, 4) is 22.6 Å². The van der Waals surface area contributed by atoms with Crippen LogP contribution in [0.3, 0.4) is 0 Å². The fourth-order valence-electron chi connectivity index (χ4n) is 2.12. The lowest BCUT2D eigenvalue weighted by molar-refractivity contribution is 0.399. The van der Waals surface area contributed by atoms with E-state index in [9.17, 15) is 10.2 Å². The molecule has 0 heterocycles. The second-order valence-corrected chi connectivity index (χ2v) is 4.43. The highest BCUT2D eigenvalue weighted by molar-refractivity contribution is 5.72. The number of aromatic hydroxyl groups is 2. The SMILES string of the molecule is CCCCc1c(-c2ccccc2)ccc(O)c1O. The number of hydrogen-bond donors (Lipinski definition) is 2. The van der Waals surface area contributed by atoms with Crippen LogP contribution in [-0.4, -0.2) is 10.2 Å². The molecule has 0 fully saturated rings. The molecule has 0 spiro atoms. The minimum atomic E-state index is -0.0409. The van der Waals surface area contributed by atoms with Crippen LogP contribution < -0.4 is 0 Å². The molecule has 0 unspecified atom stereocenters. The Morgan fingerprint density at radius 2 is 1.67 bits per heavy atom. The number of phenols is 2. The number of phenolic OH excluding ortho intramolecular Hbond substituents is 2. The predicted molar refractivity (Wildman–Crippen MR) is 73.8 cm³/mol. The minimum absolute atomic E-state index is 0.0183. The van der Waals surface area contributed by atoms with Crippen LogP contribution in [0.25, 0.3) is 11.1 Å². The van der Waals surface area contributed by atoms with Gasteiger partial charge in [-0.2, -0.15) is 0 Å². The van der Waals surface area contributed by atoms with Crippen molar-refractivity contribution in [3.63, 3.8) is 0 Å². The van der Waals surface area contributed by atoms with Crippen LogP contribution in [0.15, 0.2) is 42.5 Å². The van der Waals surface area contributed by atoms with Gasteiger partial charge in [0.05, 0.1) is 0 Å². The maximum atomic E-state index is 10.0. The average Bonchev–Trinajstić information content (AvgIpc) is 2.41. The van der Waals surface area contributed by atoms with E-state index in [0.717, 1.165) is 36.0 Å². The van der Waals surface area contributed by atoms with Gasteiger partial charge in [-0.15, -0.1) is 0 Å². The molecule has 0 amide bonds. The molecule has 0 saturated heterocycles. The zero-order valence-corrected chi connectivity index (χ0v) is 10.6. The molecule has 2 N–H and O–H groups in total. The maximum Gasteiger partial charge on any atom is 0.161 e. The van der Waals surface area contributed by atoms with Crippen LogP contribution in [0.4, 0.5) is 0 Å². The van der Waals surface area contributed by atoms with Crippen LogP contribution in [0.5, 0.6) is 11.5 Å². The second-order valence-electron chi connectivity index (χ2n) is 4.43. The van der Waals surface area contributed by atoms with Gasteiger partial charge in [-0.25, -0.2) is 0 Å². The molecule has 0 saturated carbocycles. The first-order valence-corrected chi connectivity index (χ1v) is 6.33. The first-order valence-electron chi connectivity index (χ1n) is 6.33. The third-order valence-corrected chi connectivity index (χ3v) is 3.13. The first kappa shape index (κ1) is 12.5. The molecular weight excluding hydrogens is 224 g/mol. The molecule has 0 atom stereocenters. The van der Waals surface area contributed by atoms with E-state index in [1.54, 1.807) is 6.07 Å². The van der Waals surface area contributed by atoms with Crippen LogP contribution in [-0.2, 0) is 6.42 Å². The second kappa shape index (κ2) is 5.58. The van der Waals surface area contributed by atoms with Crippen LogP contribution in [0, 0.1) is 0 Å². The van der Waals surface area contributed by atoms with Crippen molar-refractivity contribution in [2.45, 2.75) is 26.2 Å². The molecule has 0 aromatic heterocycles. The number of hydrogen-bond acceptors (Lipinski definition) is 2. The third kappa shape index (κ3) is 2.48. The lowest BCUT2D eigenvalue weighted by Gasteiger charge is -2.12. The van der Waals surface area contributed by atoms with Gasteiger partial charge in [0.1, 0.15) is 0 Å². The number of rotatable bonds is 4. The van der Waals surface area contributed by atoms with Crippen molar-refractivity contribution in [1.82, 2.24) is 0 Å². The summed E-state index contributed by atoms with van der Waals surface area (Å²) < 4.78 is 0. The first-order chi connectivity index (χ1) is 8.74. The summed E-state index contributed by atoms with van der Waals surface area (Å²) >= 11 is 0. The molecule has 2 rings (SSSR count). The summed E-state index contributed by atoms with van der Waals surface area (Å²) in [6.45, 7) is 2.11. The van der Waals surface area contributed by atoms with E-state index in [4.69, 9.17) is 0 Å². The molecule has 2 aromatic carbocycles. The van der Waals surface area contributed by atoms with Crippen molar-refractivity contribution in [1.29, 1.82) is 0 Å². The number of benzene rings is 2. The van der Waals surface area contributed by atoms with Crippen molar-refractivity contribution >= 4 is 0 Å². The minimum Gasteiger partial charge on any atom is -0.504 e. The normalized spacial score (nSPS) is 10.5. The molecule has 94 valence electrons. The molecule has 0 bridgehead atoms. The summed E-state index contributed by atoms with van der Waals surface area (Å²) in [4.78, 5) is 0. The van der Waals surface area contributed by atoms with E-state index in [2.05, 4.69) is 6.92 Å². The zero-order valence-electron chi connectivity index (χ0n) is 10.6. The summed E-state index contributed by atoms with van der Waals surface area (Å²) in [6.07, 6.45) is 2.83. The van der Waals surface area contributed by atoms with E-state index >= 15 is 0 Å². The molecule has 0 radical (unpaired) electrons. The summed E-state index contributed by atoms with van der Waals surface area (Å²) in [7, 11) is 0. The van der Waals surface area contributed by atoms with E-state index < -0.39 is 0 Å². The molecule has 2 nitrogen and oxygen atoms in total. The molecule has 18 heavy (non-hydrogen) atoms. The van der Waals surface area contributed by atoms with Gasteiger partial charge < -0.3 is 10.2 Å². The van der Waals surface area contributed by atoms with E-state index in [1.165, 1.54) is 0 Å². The monoisotopic (exact) mass is 242 g/mol. The Hall–Kier alpha value is -1.96. The van der Waals surface area contributed by atoms with Crippen molar-refractivity contribution in [2.75, 3.05) is 0 Å². The Kier molecular flexibility index (Phi) is 3.88. The lowest BCUT2D eigenvalue weighted by atomic mass is 9.95. The van der Waals surface area contributed by atoms with Crippen molar-refractivity contribution < 1.29 is 10.2 Å². The summed E-state index contributed by atoms with van der Waals surface area (Å²) in [5, 5.41) is 19.6. The summed E-state index contributed by atoms with van der Waals surface area (Å²) in [5.74, 6) is -0.0226. The molecule has 2 aromatic rings. The summed E-state index contributed by atoms with van der Waals surface area (Å²) in [5.41, 5.74) is 2.90. The van der Waals surface area contributed by atoms with E-state index in [0.29, 0.717) is 0 Å². The van der Waals surface area contributed by atoms with E-state index in [-0.39, 0.29) is 11.5 Å². The molecule has 2 heteroatoms. The smallest absolute Gasteiger partial charge is 0.161 e. The van der Waals surface area contributed by atoms with Gasteiger partial charge in [0.25, 0.3) is 0 Å². The number of unbranched alkanes of at least 4 members (excludes halogenated alkanes) is 1. The molecule has 0 aliphatic carbocycles. The van der Waals surface area contributed by atoms with E-state index in [1.807, 2.05) is 36.4 Å². The highest BCUT2D eigenvalue weighted by atomic mass is 16.3. The lowest BCUT2D eigenvalue weighted by Crippen LogP contribution is -1.91. The summed E-state index contributed by atoms with van der Waals surface area (Å²) in [6, 6.07) is 13.4. The topological polar surface area (TPSA) is 40.5 Å². The van der Waals surface area contributed by atoms with Crippen LogP contribution >= 0.6 is 0 Å². The van der Waals surface area contributed by atoms with Gasteiger partial charge in [-0.05, 0) is 30.0 Å². The quantitative estimate of drug-likeness (QED) is 0.792. The predicted octanol–water partition coefficient (Wildman–Crippen LogP) is 4.11. The maximum absolute atomic E-state index is 10.0. The molecular formula is C16H18O2. The van der Waals surface area contributed by atoms with Crippen LogP contribution in [0.2, 0.25) is 0 Å². The Morgan fingerprint density at radius 3 is 2.33 bits per heavy atom. The van der Waals surface area contributed by atoms with Gasteiger partial charge in [0, 0.05) is 5.56 Å². The van der Waals surface area contributed by atoms with Gasteiger partial charge in [0.15, 0.2) is 11.5 Å².